The van der Waals surface area contributed by atoms with Gasteiger partial charge in [-0.2, -0.15) is 0 Å². The van der Waals surface area contributed by atoms with Crippen molar-refractivity contribution in [2.45, 2.75) is 52.6 Å². The molecular weight excluding hydrogens is 188 g/mol. The summed E-state index contributed by atoms with van der Waals surface area (Å²) in [4.78, 5) is 0. The third-order valence-electron chi connectivity index (χ3n) is 2.41. The molecule has 15 heavy (non-hydrogen) atoms. The van der Waals surface area contributed by atoms with E-state index in [-0.39, 0.29) is 5.54 Å². The van der Waals surface area contributed by atoms with Crippen LogP contribution in [0.4, 0.5) is 0 Å². The summed E-state index contributed by atoms with van der Waals surface area (Å²) in [6.07, 6.45) is 3.08. The summed E-state index contributed by atoms with van der Waals surface area (Å²) in [7, 11) is 0. The van der Waals surface area contributed by atoms with Crippen LogP contribution in [0.15, 0.2) is 6.20 Å². The van der Waals surface area contributed by atoms with Gasteiger partial charge in [0.05, 0.1) is 23.5 Å². The van der Waals surface area contributed by atoms with Gasteiger partial charge in [-0.05, 0) is 33.7 Å². The normalized spacial score (nSPS) is 14.2. The van der Waals surface area contributed by atoms with E-state index in [1.54, 1.807) is 0 Å². The smallest absolute Gasteiger partial charge is 0.0996 e. The number of rotatable bonds is 4. The molecule has 0 radical (unpaired) electrons. The van der Waals surface area contributed by atoms with Gasteiger partial charge in [-0.1, -0.05) is 19.1 Å². The molecule has 1 N–H and O–H groups in total. The topological polar surface area (TPSA) is 42.7 Å². The molecule has 4 heteroatoms. The minimum absolute atomic E-state index is 0.00968. The van der Waals surface area contributed by atoms with E-state index < -0.39 is 0 Å². The molecule has 0 aliphatic carbocycles. The summed E-state index contributed by atoms with van der Waals surface area (Å²) in [6.45, 7) is 11.6. The lowest BCUT2D eigenvalue weighted by molar-refractivity contribution is 0.346. The average Bonchev–Trinajstić information content (AvgIpc) is 2.62. The van der Waals surface area contributed by atoms with Crippen LogP contribution in [0.2, 0.25) is 0 Å². The van der Waals surface area contributed by atoms with Gasteiger partial charge in [-0.15, -0.1) is 5.10 Å². The Hall–Kier alpha value is -0.900. The summed E-state index contributed by atoms with van der Waals surface area (Å²) in [5.41, 5.74) is 1.05. The Morgan fingerprint density at radius 2 is 2.07 bits per heavy atom. The molecule has 1 aromatic heterocycles. The lowest BCUT2D eigenvalue weighted by Crippen LogP contribution is -2.23. The molecule has 86 valence electrons. The van der Waals surface area contributed by atoms with E-state index in [9.17, 15) is 0 Å². The lowest BCUT2D eigenvalue weighted by Gasteiger charge is -2.18. The van der Waals surface area contributed by atoms with Gasteiger partial charge in [0.25, 0.3) is 0 Å². The van der Waals surface area contributed by atoms with Crippen LogP contribution < -0.4 is 5.32 Å². The van der Waals surface area contributed by atoms with Crippen LogP contribution in [-0.4, -0.2) is 21.5 Å². The van der Waals surface area contributed by atoms with Gasteiger partial charge in [0.2, 0.25) is 0 Å². The van der Waals surface area contributed by atoms with E-state index >= 15 is 0 Å². The van der Waals surface area contributed by atoms with E-state index in [0.717, 1.165) is 18.7 Å². The first kappa shape index (κ1) is 12.2. The second-order valence-corrected chi connectivity index (χ2v) is 4.78. The van der Waals surface area contributed by atoms with Gasteiger partial charge in [0, 0.05) is 0 Å². The molecule has 4 nitrogen and oxygen atoms in total. The van der Waals surface area contributed by atoms with Gasteiger partial charge in [0.1, 0.15) is 0 Å². The zero-order valence-electron chi connectivity index (χ0n) is 10.4. The molecule has 0 fully saturated rings. The molecule has 1 unspecified atom stereocenters. The van der Waals surface area contributed by atoms with Crippen molar-refractivity contribution in [3.8, 4) is 0 Å². The molecule has 0 spiro atoms. The first-order valence-corrected chi connectivity index (χ1v) is 5.65. The summed E-state index contributed by atoms with van der Waals surface area (Å²) < 4.78 is 1.92. The molecule has 0 aliphatic rings. The highest BCUT2D eigenvalue weighted by molar-refractivity contribution is 5.01. The van der Waals surface area contributed by atoms with Crippen LogP contribution in [-0.2, 0) is 5.54 Å². The first-order valence-electron chi connectivity index (χ1n) is 5.65. The van der Waals surface area contributed by atoms with Gasteiger partial charge in [0.15, 0.2) is 0 Å². The van der Waals surface area contributed by atoms with Gasteiger partial charge >= 0.3 is 0 Å². The quantitative estimate of drug-likeness (QED) is 0.827. The number of nitrogens with zero attached hydrogens (tertiary/aromatic N) is 3. The molecule has 0 aromatic carbocycles. The van der Waals surface area contributed by atoms with E-state index in [1.165, 1.54) is 0 Å². The summed E-state index contributed by atoms with van der Waals surface area (Å²) in [5, 5.41) is 11.8. The molecule has 0 aliphatic heterocycles. The van der Waals surface area contributed by atoms with Gasteiger partial charge in [-0.25, -0.2) is 4.68 Å². The van der Waals surface area contributed by atoms with Crippen molar-refractivity contribution >= 4 is 0 Å². The van der Waals surface area contributed by atoms with Crippen molar-refractivity contribution in [1.82, 2.24) is 20.3 Å². The molecule has 0 amide bonds. The Morgan fingerprint density at radius 1 is 1.40 bits per heavy atom. The minimum atomic E-state index is 0.00968. The number of hydrogen-bond acceptors (Lipinski definition) is 3. The highest BCUT2D eigenvalue weighted by Crippen LogP contribution is 2.17. The molecule has 0 saturated carbocycles. The number of nitrogens with one attached hydrogen (secondary N) is 1. The first-order chi connectivity index (χ1) is 6.99. The molecule has 1 rings (SSSR count). The van der Waals surface area contributed by atoms with Gasteiger partial charge in [-0.3, -0.25) is 0 Å². The van der Waals surface area contributed by atoms with Gasteiger partial charge < -0.3 is 5.32 Å². The zero-order chi connectivity index (χ0) is 11.5. The Bertz CT molecular complexity index is 298. The highest BCUT2D eigenvalue weighted by atomic mass is 15.4. The Kier molecular flexibility index (Phi) is 3.85. The molecule has 0 bridgehead atoms. The molecule has 0 saturated heterocycles. The van der Waals surface area contributed by atoms with E-state index in [0.29, 0.717) is 6.04 Å². The van der Waals surface area contributed by atoms with E-state index in [4.69, 9.17) is 0 Å². The molecular formula is C11H22N4. The van der Waals surface area contributed by atoms with Crippen LogP contribution in [0.3, 0.4) is 0 Å². The summed E-state index contributed by atoms with van der Waals surface area (Å²) in [6, 6.07) is 0.325. The fourth-order valence-corrected chi connectivity index (χ4v) is 1.47. The fraction of sp³-hybridized carbons (Fsp3) is 0.818. The van der Waals surface area contributed by atoms with Crippen molar-refractivity contribution in [1.29, 1.82) is 0 Å². The fourth-order valence-electron chi connectivity index (χ4n) is 1.47. The maximum atomic E-state index is 4.22. The van der Waals surface area contributed by atoms with E-state index in [1.807, 2.05) is 10.9 Å². The van der Waals surface area contributed by atoms with Crippen molar-refractivity contribution in [3.05, 3.63) is 11.9 Å². The van der Waals surface area contributed by atoms with Crippen molar-refractivity contribution in [3.63, 3.8) is 0 Å². The summed E-state index contributed by atoms with van der Waals surface area (Å²) in [5.74, 6) is 0. The second-order valence-electron chi connectivity index (χ2n) is 4.78. The molecule has 1 heterocycles. The van der Waals surface area contributed by atoms with Crippen LogP contribution in [0.1, 0.15) is 52.8 Å². The largest absolute Gasteiger partial charge is 0.309 e. The summed E-state index contributed by atoms with van der Waals surface area (Å²) >= 11 is 0. The van der Waals surface area contributed by atoms with E-state index in [2.05, 4.69) is 50.2 Å². The minimum Gasteiger partial charge on any atom is -0.309 e. The predicted molar refractivity (Wildman–Crippen MR) is 61.7 cm³/mol. The average molecular weight is 210 g/mol. The lowest BCUT2D eigenvalue weighted by atomic mass is 10.1. The predicted octanol–water partition coefficient (Wildman–Crippen LogP) is 2.09. The molecule has 1 atom stereocenters. The number of aromatic nitrogens is 3. The Labute approximate surface area is 92.1 Å². The van der Waals surface area contributed by atoms with Crippen LogP contribution in [0.25, 0.3) is 0 Å². The number of hydrogen-bond donors (Lipinski definition) is 1. The second kappa shape index (κ2) is 4.75. The van der Waals surface area contributed by atoms with Crippen LogP contribution in [0.5, 0.6) is 0 Å². The third-order valence-corrected chi connectivity index (χ3v) is 2.41. The van der Waals surface area contributed by atoms with Crippen molar-refractivity contribution in [2.75, 3.05) is 6.54 Å². The SMILES string of the molecule is CCNC(CC)c1cn(C(C)(C)C)nn1. The standard InChI is InChI=1S/C11H22N4/c1-6-9(12-7-2)10-8-15(14-13-10)11(3,4)5/h8-9,12H,6-7H2,1-5H3. The highest BCUT2D eigenvalue weighted by Gasteiger charge is 2.18. The van der Waals surface area contributed by atoms with Crippen molar-refractivity contribution < 1.29 is 0 Å². The monoisotopic (exact) mass is 210 g/mol. The Morgan fingerprint density at radius 3 is 2.47 bits per heavy atom. The van der Waals surface area contributed by atoms with Crippen LogP contribution in [0, 0.1) is 0 Å². The maximum absolute atomic E-state index is 4.22. The maximum Gasteiger partial charge on any atom is 0.0996 e. The van der Waals surface area contributed by atoms with Crippen molar-refractivity contribution in [2.24, 2.45) is 0 Å². The zero-order valence-corrected chi connectivity index (χ0v) is 10.4. The molecule has 1 aromatic rings. The Balaban J connectivity index is 2.82. The third kappa shape index (κ3) is 3.02. The van der Waals surface area contributed by atoms with Crippen LogP contribution >= 0.6 is 0 Å².